The maximum absolute atomic E-state index is 12.2. The first kappa shape index (κ1) is 15.9. The van der Waals surface area contributed by atoms with Crippen LogP contribution in [0.3, 0.4) is 0 Å². The van der Waals surface area contributed by atoms with Gasteiger partial charge in [0.1, 0.15) is 12.1 Å². The molecule has 1 aromatic carbocycles. The first-order chi connectivity index (χ1) is 11.2. The fraction of sp³-hybridized carbons (Fsp3) is 0.438. The lowest BCUT2D eigenvalue weighted by Crippen LogP contribution is -2.28. The van der Waals surface area contributed by atoms with E-state index in [9.17, 15) is 4.79 Å². The minimum absolute atomic E-state index is 0.0289. The molecule has 1 aliphatic rings. The number of ether oxygens (including phenoxy) is 1. The van der Waals surface area contributed by atoms with E-state index in [4.69, 9.17) is 4.74 Å². The summed E-state index contributed by atoms with van der Waals surface area (Å²) >= 11 is 1.42. The minimum atomic E-state index is -0.111. The number of benzene rings is 1. The van der Waals surface area contributed by atoms with Crippen LogP contribution in [0.2, 0.25) is 0 Å². The molecule has 1 aliphatic carbocycles. The van der Waals surface area contributed by atoms with Crippen molar-refractivity contribution in [1.82, 2.24) is 20.1 Å². The monoisotopic (exact) mass is 332 g/mol. The van der Waals surface area contributed by atoms with Crippen molar-refractivity contribution in [3.05, 3.63) is 36.2 Å². The first-order valence-corrected chi connectivity index (χ1v) is 8.62. The van der Waals surface area contributed by atoms with Crippen molar-refractivity contribution in [2.24, 2.45) is 0 Å². The number of hydrogen-bond acceptors (Lipinski definition) is 5. The molecule has 0 spiro atoms. The van der Waals surface area contributed by atoms with Crippen molar-refractivity contribution in [2.45, 2.75) is 37.0 Å². The third kappa shape index (κ3) is 3.85. The van der Waals surface area contributed by atoms with E-state index < -0.39 is 0 Å². The van der Waals surface area contributed by atoms with Gasteiger partial charge in [0.05, 0.1) is 18.9 Å². The number of thioether (sulfide) groups is 1. The Kier molecular flexibility index (Phi) is 4.85. The van der Waals surface area contributed by atoms with Crippen LogP contribution in [0.15, 0.2) is 35.7 Å². The molecule has 2 aromatic rings. The molecule has 0 bridgehead atoms. The highest BCUT2D eigenvalue weighted by Crippen LogP contribution is 2.37. The number of para-hydroxylation sites is 1. The number of rotatable bonds is 7. The molecule has 1 amide bonds. The Morgan fingerprint density at radius 2 is 2.26 bits per heavy atom. The second kappa shape index (κ2) is 7.04. The van der Waals surface area contributed by atoms with Crippen LogP contribution in [0, 0.1) is 0 Å². The van der Waals surface area contributed by atoms with E-state index in [-0.39, 0.29) is 11.9 Å². The predicted octanol–water partition coefficient (Wildman–Crippen LogP) is 2.59. The highest BCUT2D eigenvalue weighted by atomic mass is 32.2. The summed E-state index contributed by atoms with van der Waals surface area (Å²) in [6.07, 6.45) is 4.08. The van der Waals surface area contributed by atoms with Gasteiger partial charge in [-0.3, -0.25) is 4.79 Å². The SMILES string of the molecule is COc1ccccc1C(C)NC(=O)CSc1nncn1C1CC1. The van der Waals surface area contributed by atoms with Gasteiger partial charge >= 0.3 is 0 Å². The van der Waals surface area contributed by atoms with E-state index in [2.05, 4.69) is 20.1 Å². The molecule has 1 N–H and O–H groups in total. The summed E-state index contributed by atoms with van der Waals surface area (Å²) in [7, 11) is 1.63. The summed E-state index contributed by atoms with van der Waals surface area (Å²) in [5, 5.41) is 11.8. The molecule has 1 atom stereocenters. The van der Waals surface area contributed by atoms with Gasteiger partial charge < -0.3 is 14.6 Å². The summed E-state index contributed by atoms with van der Waals surface area (Å²) < 4.78 is 7.39. The Bertz CT molecular complexity index is 684. The van der Waals surface area contributed by atoms with E-state index in [0.29, 0.717) is 11.8 Å². The van der Waals surface area contributed by atoms with Gasteiger partial charge in [0.15, 0.2) is 5.16 Å². The number of carbonyl (C=O) groups excluding carboxylic acids is 1. The summed E-state index contributed by atoms with van der Waals surface area (Å²) in [5.74, 6) is 1.07. The summed E-state index contributed by atoms with van der Waals surface area (Å²) in [5.41, 5.74) is 0.967. The zero-order chi connectivity index (χ0) is 16.2. The number of nitrogens with zero attached hydrogens (tertiary/aromatic N) is 3. The van der Waals surface area contributed by atoms with Gasteiger partial charge in [0.2, 0.25) is 5.91 Å². The highest BCUT2D eigenvalue weighted by molar-refractivity contribution is 7.99. The van der Waals surface area contributed by atoms with E-state index in [1.807, 2.05) is 31.2 Å². The lowest BCUT2D eigenvalue weighted by atomic mass is 10.1. The maximum atomic E-state index is 12.2. The fourth-order valence-electron chi connectivity index (χ4n) is 2.45. The molecule has 122 valence electrons. The summed E-state index contributed by atoms with van der Waals surface area (Å²) in [6, 6.07) is 8.11. The number of amides is 1. The van der Waals surface area contributed by atoms with Crippen LogP contribution in [-0.2, 0) is 4.79 Å². The van der Waals surface area contributed by atoms with Crippen LogP contribution in [0.5, 0.6) is 5.75 Å². The third-order valence-corrected chi connectivity index (χ3v) is 4.75. The van der Waals surface area contributed by atoms with Gasteiger partial charge in [0.25, 0.3) is 0 Å². The zero-order valence-electron chi connectivity index (χ0n) is 13.2. The lowest BCUT2D eigenvalue weighted by molar-refractivity contribution is -0.119. The fourth-order valence-corrected chi connectivity index (χ4v) is 3.25. The van der Waals surface area contributed by atoms with Crippen molar-refractivity contribution in [1.29, 1.82) is 0 Å². The molecule has 23 heavy (non-hydrogen) atoms. The molecule has 0 aliphatic heterocycles. The standard InChI is InChI=1S/C16H20N4O2S/c1-11(13-5-3-4-6-14(13)22-2)18-15(21)9-23-16-19-17-10-20(16)12-7-8-12/h3-6,10-12H,7-9H2,1-2H3,(H,18,21). The van der Waals surface area contributed by atoms with Crippen molar-refractivity contribution in [2.75, 3.05) is 12.9 Å². The lowest BCUT2D eigenvalue weighted by Gasteiger charge is -2.17. The van der Waals surface area contributed by atoms with Crippen LogP contribution in [0.4, 0.5) is 0 Å². The molecule has 3 rings (SSSR count). The largest absolute Gasteiger partial charge is 0.496 e. The Hall–Kier alpha value is -2.02. The zero-order valence-corrected chi connectivity index (χ0v) is 14.0. The van der Waals surface area contributed by atoms with Crippen LogP contribution < -0.4 is 10.1 Å². The number of carbonyl (C=O) groups is 1. The van der Waals surface area contributed by atoms with Crippen LogP contribution in [0.25, 0.3) is 0 Å². The van der Waals surface area contributed by atoms with Crippen LogP contribution >= 0.6 is 11.8 Å². The van der Waals surface area contributed by atoms with Crippen LogP contribution in [-0.4, -0.2) is 33.5 Å². The minimum Gasteiger partial charge on any atom is -0.496 e. The second-order valence-corrected chi connectivity index (χ2v) is 6.51. The van der Waals surface area contributed by atoms with E-state index in [1.165, 1.54) is 24.6 Å². The molecule has 1 fully saturated rings. The predicted molar refractivity (Wildman–Crippen MR) is 88.6 cm³/mol. The quantitative estimate of drug-likeness (QED) is 0.789. The van der Waals surface area contributed by atoms with Crippen molar-refractivity contribution >= 4 is 17.7 Å². The summed E-state index contributed by atoms with van der Waals surface area (Å²) in [4.78, 5) is 12.2. The molecule has 1 unspecified atom stereocenters. The van der Waals surface area contributed by atoms with Gasteiger partial charge in [0, 0.05) is 11.6 Å². The normalized spacial score (nSPS) is 15.2. The molecule has 0 saturated heterocycles. The van der Waals surface area contributed by atoms with Gasteiger partial charge in [-0.1, -0.05) is 30.0 Å². The summed E-state index contributed by atoms with van der Waals surface area (Å²) in [6.45, 7) is 1.95. The Labute approximate surface area is 139 Å². The molecule has 1 heterocycles. The number of hydrogen-bond donors (Lipinski definition) is 1. The Morgan fingerprint density at radius 3 is 3.00 bits per heavy atom. The average Bonchev–Trinajstić information content (AvgIpc) is 3.31. The van der Waals surface area contributed by atoms with Crippen LogP contribution in [0.1, 0.15) is 37.4 Å². The Morgan fingerprint density at radius 1 is 1.48 bits per heavy atom. The topological polar surface area (TPSA) is 69.0 Å². The van der Waals surface area contributed by atoms with Gasteiger partial charge in [-0.15, -0.1) is 10.2 Å². The molecule has 1 saturated carbocycles. The van der Waals surface area contributed by atoms with Crippen molar-refractivity contribution < 1.29 is 9.53 Å². The van der Waals surface area contributed by atoms with Gasteiger partial charge in [-0.2, -0.15) is 0 Å². The van der Waals surface area contributed by atoms with E-state index in [1.54, 1.807) is 13.4 Å². The van der Waals surface area contributed by atoms with Crippen molar-refractivity contribution in [3.63, 3.8) is 0 Å². The molecule has 6 nitrogen and oxygen atoms in total. The molecular formula is C16H20N4O2S. The van der Waals surface area contributed by atoms with Gasteiger partial charge in [-0.25, -0.2) is 0 Å². The maximum Gasteiger partial charge on any atom is 0.230 e. The number of aromatic nitrogens is 3. The second-order valence-electron chi connectivity index (χ2n) is 5.57. The molecular weight excluding hydrogens is 312 g/mol. The van der Waals surface area contributed by atoms with E-state index in [0.717, 1.165) is 16.5 Å². The molecule has 0 radical (unpaired) electrons. The molecule has 7 heteroatoms. The van der Waals surface area contributed by atoms with Gasteiger partial charge in [-0.05, 0) is 25.8 Å². The van der Waals surface area contributed by atoms with Crippen molar-refractivity contribution in [3.8, 4) is 5.75 Å². The smallest absolute Gasteiger partial charge is 0.230 e. The number of nitrogens with one attached hydrogen (secondary N) is 1. The Balaban J connectivity index is 1.55. The first-order valence-electron chi connectivity index (χ1n) is 7.63. The molecule has 1 aromatic heterocycles. The average molecular weight is 332 g/mol. The number of methoxy groups -OCH3 is 1. The highest BCUT2D eigenvalue weighted by Gasteiger charge is 2.26. The third-order valence-electron chi connectivity index (χ3n) is 3.80. The van der Waals surface area contributed by atoms with E-state index >= 15 is 0 Å².